The SMILES string of the molecule is CN(CCc1ccccc1)C(=O)c1ccnc(Cl)c1. The van der Waals surface area contributed by atoms with Crippen LogP contribution in [0.4, 0.5) is 0 Å². The minimum Gasteiger partial charge on any atom is -0.341 e. The molecule has 0 saturated heterocycles. The summed E-state index contributed by atoms with van der Waals surface area (Å²) < 4.78 is 0. The van der Waals surface area contributed by atoms with Crippen molar-refractivity contribution >= 4 is 17.5 Å². The molecule has 0 aliphatic carbocycles. The van der Waals surface area contributed by atoms with E-state index in [9.17, 15) is 4.79 Å². The minimum atomic E-state index is -0.0415. The summed E-state index contributed by atoms with van der Waals surface area (Å²) in [6.45, 7) is 0.669. The molecule has 1 aromatic carbocycles. The maximum atomic E-state index is 12.2. The van der Waals surface area contributed by atoms with E-state index in [4.69, 9.17) is 11.6 Å². The Kier molecular flexibility index (Phi) is 4.53. The summed E-state index contributed by atoms with van der Waals surface area (Å²) in [5, 5.41) is 0.335. The summed E-state index contributed by atoms with van der Waals surface area (Å²) in [5.41, 5.74) is 1.78. The first-order valence-corrected chi connectivity index (χ1v) is 6.45. The smallest absolute Gasteiger partial charge is 0.253 e. The molecule has 2 rings (SSSR count). The Labute approximate surface area is 117 Å². The molecule has 0 N–H and O–H groups in total. The molecule has 1 aromatic heterocycles. The summed E-state index contributed by atoms with van der Waals surface area (Å²) in [4.78, 5) is 17.7. The molecule has 0 fully saturated rings. The molecule has 0 spiro atoms. The van der Waals surface area contributed by atoms with Crippen molar-refractivity contribution in [3.63, 3.8) is 0 Å². The zero-order valence-corrected chi connectivity index (χ0v) is 11.5. The number of carbonyl (C=O) groups excluding carboxylic acids is 1. The van der Waals surface area contributed by atoms with Gasteiger partial charge in [-0.15, -0.1) is 0 Å². The highest BCUT2D eigenvalue weighted by Gasteiger charge is 2.11. The second-order valence-electron chi connectivity index (χ2n) is 4.33. The summed E-state index contributed by atoms with van der Waals surface area (Å²) in [5.74, 6) is -0.0415. The highest BCUT2D eigenvalue weighted by atomic mass is 35.5. The number of nitrogens with zero attached hydrogens (tertiary/aromatic N) is 2. The number of amides is 1. The number of carbonyl (C=O) groups is 1. The third-order valence-corrected chi connectivity index (χ3v) is 3.11. The normalized spacial score (nSPS) is 10.2. The van der Waals surface area contributed by atoms with Crippen LogP contribution in [0.25, 0.3) is 0 Å². The van der Waals surface area contributed by atoms with Gasteiger partial charge in [-0.05, 0) is 24.1 Å². The third kappa shape index (κ3) is 3.80. The van der Waals surface area contributed by atoms with Crippen LogP contribution in [-0.2, 0) is 6.42 Å². The molecule has 0 radical (unpaired) electrons. The summed E-state index contributed by atoms with van der Waals surface area (Å²) in [7, 11) is 1.79. The van der Waals surface area contributed by atoms with Crippen LogP contribution in [0.5, 0.6) is 0 Å². The Morgan fingerprint density at radius 3 is 2.68 bits per heavy atom. The number of benzene rings is 1. The van der Waals surface area contributed by atoms with E-state index >= 15 is 0 Å². The van der Waals surface area contributed by atoms with Gasteiger partial charge in [0.25, 0.3) is 5.91 Å². The van der Waals surface area contributed by atoms with Crippen LogP contribution >= 0.6 is 11.6 Å². The van der Waals surface area contributed by atoms with Gasteiger partial charge in [-0.2, -0.15) is 0 Å². The first-order chi connectivity index (χ1) is 9.16. The van der Waals surface area contributed by atoms with E-state index in [2.05, 4.69) is 17.1 Å². The molecule has 0 atom stereocenters. The number of rotatable bonds is 4. The molecule has 1 heterocycles. The Balaban J connectivity index is 1.96. The molecule has 0 bridgehead atoms. The quantitative estimate of drug-likeness (QED) is 0.803. The van der Waals surface area contributed by atoms with Crippen molar-refractivity contribution in [1.29, 1.82) is 0 Å². The second kappa shape index (κ2) is 6.34. The van der Waals surface area contributed by atoms with Gasteiger partial charge in [0.15, 0.2) is 0 Å². The lowest BCUT2D eigenvalue weighted by molar-refractivity contribution is 0.0796. The van der Waals surface area contributed by atoms with Gasteiger partial charge in [0, 0.05) is 25.4 Å². The lowest BCUT2D eigenvalue weighted by Gasteiger charge is -2.17. The minimum absolute atomic E-state index is 0.0415. The molecule has 0 aliphatic rings. The summed E-state index contributed by atoms with van der Waals surface area (Å²) in [6, 6.07) is 13.4. The van der Waals surface area contributed by atoms with Crippen molar-refractivity contribution in [3.05, 3.63) is 64.9 Å². The highest BCUT2D eigenvalue weighted by Crippen LogP contribution is 2.10. The van der Waals surface area contributed by atoms with Gasteiger partial charge >= 0.3 is 0 Å². The molecule has 3 nitrogen and oxygen atoms in total. The highest BCUT2D eigenvalue weighted by molar-refractivity contribution is 6.29. The molecular formula is C15H15ClN2O. The number of hydrogen-bond donors (Lipinski definition) is 0. The van der Waals surface area contributed by atoms with E-state index in [-0.39, 0.29) is 5.91 Å². The van der Waals surface area contributed by atoms with Crippen molar-refractivity contribution in [2.45, 2.75) is 6.42 Å². The molecule has 98 valence electrons. The van der Waals surface area contributed by atoms with Gasteiger partial charge in [0.05, 0.1) is 0 Å². The van der Waals surface area contributed by atoms with E-state index in [0.29, 0.717) is 17.3 Å². The third-order valence-electron chi connectivity index (χ3n) is 2.90. The van der Waals surface area contributed by atoms with E-state index in [1.54, 1.807) is 30.3 Å². The van der Waals surface area contributed by atoms with Gasteiger partial charge in [0.1, 0.15) is 5.15 Å². The van der Waals surface area contributed by atoms with Gasteiger partial charge in [-0.1, -0.05) is 41.9 Å². The summed E-state index contributed by atoms with van der Waals surface area (Å²) >= 11 is 5.78. The van der Waals surface area contributed by atoms with E-state index in [1.165, 1.54) is 5.56 Å². The number of hydrogen-bond acceptors (Lipinski definition) is 2. The van der Waals surface area contributed by atoms with Crippen LogP contribution in [0.15, 0.2) is 48.7 Å². The monoisotopic (exact) mass is 274 g/mol. The predicted molar refractivity (Wildman–Crippen MR) is 76.4 cm³/mol. The Bertz CT molecular complexity index is 557. The molecule has 2 aromatic rings. The maximum Gasteiger partial charge on any atom is 0.253 e. The zero-order valence-electron chi connectivity index (χ0n) is 10.7. The van der Waals surface area contributed by atoms with Crippen molar-refractivity contribution in [1.82, 2.24) is 9.88 Å². The Morgan fingerprint density at radius 2 is 2.00 bits per heavy atom. The molecule has 0 unspecified atom stereocenters. The number of halogens is 1. The van der Waals surface area contributed by atoms with Crippen molar-refractivity contribution in [2.24, 2.45) is 0 Å². The van der Waals surface area contributed by atoms with Crippen LogP contribution in [0.2, 0.25) is 5.15 Å². The number of aromatic nitrogens is 1. The Hall–Kier alpha value is -1.87. The van der Waals surface area contributed by atoms with Crippen LogP contribution < -0.4 is 0 Å². The zero-order chi connectivity index (χ0) is 13.7. The largest absolute Gasteiger partial charge is 0.341 e. The van der Waals surface area contributed by atoms with Crippen LogP contribution in [-0.4, -0.2) is 29.4 Å². The topological polar surface area (TPSA) is 33.2 Å². The molecule has 4 heteroatoms. The van der Waals surface area contributed by atoms with Crippen LogP contribution in [0, 0.1) is 0 Å². The molecular weight excluding hydrogens is 260 g/mol. The van der Waals surface area contributed by atoms with Gasteiger partial charge < -0.3 is 4.90 Å². The standard InChI is InChI=1S/C15H15ClN2O/c1-18(10-8-12-5-3-2-4-6-12)15(19)13-7-9-17-14(16)11-13/h2-7,9,11H,8,10H2,1H3. The van der Waals surface area contributed by atoms with Gasteiger partial charge in [-0.3, -0.25) is 4.79 Å². The van der Waals surface area contributed by atoms with Crippen molar-refractivity contribution in [3.8, 4) is 0 Å². The lowest BCUT2D eigenvalue weighted by atomic mass is 10.1. The average Bonchev–Trinajstić information content (AvgIpc) is 2.45. The first-order valence-electron chi connectivity index (χ1n) is 6.08. The number of pyridine rings is 1. The fourth-order valence-corrected chi connectivity index (χ4v) is 1.97. The average molecular weight is 275 g/mol. The maximum absolute atomic E-state index is 12.2. The molecule has 1 amide bonds. The molecule has 0 aliphatic heterocycles. The van der Waals surface area contributed by atoms with Crippen molar-refractivity contribution in [2.75, 3.05) is 13.6 Å². The lowest BCUT2D eigenvalue weighted by Crippen LogP contribution is -2.28. The van der Waals surface area contributed by atoms with Crippen LogP contribution in [0.1, 0.15) is 15.9 Å². The second-order valence-corrected chi connectivity index (χ2v) is 4.72. The van der Waals surface area contributed by atoms with E-state index in [0.717, 1.165) is 6.42 Å². The van der Waals surface area contributed by atoms with Gasteiger partial charge in [0.2, 0.25) is 0 Å². The fourth-order valence-electron chi connectivity index (χ4n) is 1.80. The van der Waals surface area contributed by atoms with Gasteiger partial charge in [-0.25, -0.2) is 4.98 Å². The van der Waals surface area contributed by atoms with E-state index < -0.39 is 0 Å². The molecule has 19 heavy (non-hydrogen) atoms. The van der Waals surface area contributed by atoms with Crippen LogP contribution in [0.3, 0.4) is 0 Å². The van der Waals surface area contributed by atoms with E-state index in [1.807, 2.05) is 18.2 Å². The fraction of sp³-hybridized carbons (Fsp3) is 0.200. The number of likely N-dealkylation sites (N-methyl/N-ethyl adjacent to an activating group) is 1. The summed E-state index contributed by atoms with van der Waals surface area (Å²) in [6.07, 6.45) is 2.38. The van der Waals surface area contributed by atoms with Crippen molar-refractivity contribution < 1.29 is 4.79 Å². The first kappa shape index (κ1) is 13.6. The Morgan fingerprint density at radius 1 is 1.26 bits per heavy atom. The molecule has 0 saturated carbocycles. The predicted octanol–water partition coefficient (Wildman–Crippen LogP) is 3.05.